The van der Waals surface area contributed by atoms with Crippen LogP contribution in [0.25, 0.3) is 0 Å². The molecule has 0 bridgehead atoms. The Hall–Kier alpha value is -2.97. The summed E-state index contributed by atoms with van der Waals surface area (Å²) in [7, 11) is -3.79. The van der Waals surface area contributed by atoms with Gasteiger partial charge in [-0.05, 0) is 60.2 Å². The molecule has 1 amide bonds. The molecule has 1 heterocycles. The molecule has 0 fully saturated rings. The number of amides is 1. The number of hydrogen-bond donors (Lipinski definition) is 2. The van der Waals surface area contributed by atoms with Crippen molar-refractivity contribution < 1.29 is 18.0 Å². The van der Waals surface area contributed by atoms with Crippen molar-refractivity contribution in [2.45, 2.75) is 24.2 Å². The Bertz CT molecular complexity index is 1180. The van der Waals surface area contributed by atoms with E-state index in [1.807, 2.05) is 6.07 Å². The van der Waals surface area contributed by atoms with Gasteiger partial charge in [0.15, 0.2) is 5.78 Å². The predicted octanol–water partition coefficient (Wildman–Crippen LogP) is 4.32. The fraction of sp³-hybridized carbons (Fsp3) is 0.143. The SMILES string of the molecule is O=C1CCCc2cc(NC(=O)c3sccc3NS(=O)(=O)c3ccccc3)ccc21. The fourth-order valence-electron chi connectivity index (χ4n) is 3.28. The zero-order chi connectivity index (χ0) is 20.4. The minimum atomic E-state index is -3.79. The topological polar surface area (TPSA) is 92.3 Å². The second-order valence-electron chi connectivity index (χ2n) is 6.68. The zero-order valence-electron chi connectivity index (χ0n) is 15.3. The summed E-state index contributed by atoms with van der Waals surface area (Å²) in [6, 6.07) is 14.8. The molecule has 2 aromatic carbocycles. The predicted molar refractivity (Wildman–Crippen MR) is 113 cm³/mol. The zero-order valence-corrected chi connectivity index (χ0v) is 17.0. The Kier molecular flexibility index (Phi) is 5.21. The van der Waals surface area contributed by atoms with Crippen LogP contribution in [-0.4, -0.2) is 20.1 Å². The van der Waals surface area contributed by atoms with Crippen molar-refractivity contribution in [1.29, 1.82) is 0 Å². The Morgan fingerprint density at radius 3 is 2.59 bits per heavy atom. The van der Waals surface area contributed by atoms with E-state index in [0.29, 0.717) is 17.7 Å². The van der Waals surface area contributed by atoms with Crippen LogP contribution in [0.5, 0.6) is 0 Å². The van der Waals surface area contributed by atoms with Crippen molar-refractivity contribution in [1.82, 2.24) is 0 Å². The smallest absolute Gasteiger partial charge is 0.267 e. The molecule has 8 heteroatoms. The first-order chi connectivity index (χ1) is 13.9. The third kappa shape index (κ3) is 4.08. The molecule has 2 N–H and O–H groups in total. The van der Waals surface area contributed by atoms with Crippen molar-refractivity contribution >= 4 is 44.4 Å². The maximum Gasteiger partial charge on any atom is 0.267 e. The van der Waals surface area contributed by atoms with Crippen LogP contribution >= 0.6 is 11.3 Å². The van der Waals surface area contributed by atoms with E-state index in [1.165, 1.54) is 12.1 Å². The van der Waals surface area contributed by atoms with E-state index in [4.69, 9.17) is 0 Å². The van der Waals surface area contributed by atoms with E-state index in [2.05, 4.69) is 10.0 Å². The Balaban J connectivity index is 1.54. The molecule has 3 aromatic rings. The first-order valence-electron chi connectivity index (χ1n) is 9.07. The van der Waals surface area contributed by atoms with Gasteiger partial charge in [0.05, 0.1) is 10.6 Å². The number of Topliss-reactive ketones (excluding diaryl/α,β-unsaturated/α-hetero) is 1. The molecule has 0 radical (unpaired) electrons. The van der Waals surface area contributed by atoms with Crippen molar-refractivity contribution in [2.75, 3.05) is 10.0 Å². The largest absolute Gasteiger partial charge is 0.321 e. The highest BCUT2D eigenvalue weighted by Crippen LogP contribution is 2.28. The molecule has 0 spiro atoms. The van der Waals surface area contributed by atoms with Crippen LogP contribution in [0, 0.1) is 0 Å². The Labute approximate surface area is 172 Å². The summed E-state index contributed by atoms with van der Waals surface area (Å²) < 4.78 is 27.6. The van der Waals surface area contributed by atoms with E-state index in [0.717, 1.165) is 29.7 Å². The standard InChI is InChI=1S/C21H18N2O4S2/c24-19-8-4-5-14-13-15(9-10-17(14)19)22-21(25)20-18(11-12-28-20)23-29(26,27)16-6-2-1-3-7-16/h1-3,6-7,9-13,23H,4-5,8H2,(H,22,25). The lowest BCUT2D eigenvalue weighted by atomic mass is 9.90. The summed E-state index contributed by atoms with van der Waals surface area (Å²) in [5.41, 5.74) is 2.44. The number of ketones is 1. The van der Waals surface area contributed by atoms with E-state index < -0.39 is 15.9 Å². The number of anilines is 2. The second kappa shape index (κ2) is 7.81. The summed E-state index contributed by atoms with van der Waals surface area (Å²) >= 11 is 1.15. The van der Waals surface area contributed by atoms with Gasteiger partial charge in [0.25, 0.3) is 15.9 Å². The average Bonchev–Trinajstić information content (AvgIpc) is 3.16. The van der Waals surface area contributed by atoms with Gasteiger partial charge in [-0.15, -0.1) is 11.3 Å². The van der Waals surface area contributed by atoms with Crippen molar-refractivity contribution in [3.05, 3.63) is 76.0 Å². The first-order valence-corrected chi connectivity index (χ1v) is 11.4. The number of sulfonamides is 1. The fourth-order valence-corrected chi connectivity index (χ4v) is 5.18. The molecule has 0 saturated carbocycles. The van der Waals surface area contributed by atoms with Crippen LogP contribution < -0.4 is 10.0 Å². The summed E-state index contributed by atoms with van der Waals surface area (Å²) in [6.07, 6.45) is 2.16. The number of hydrogen-bond acceptors (Lipinski definition) is 5. The van der Waals surface area contributed by atoms with Gasteiger partial charge in [-0.3, -0.25) is 14.3 Å². The molecular formula is C21H18N2O4S2. The molecule has 1 aliphatic rings. The minimum absolute atomic E-state index is 0.122. The molecule has 4 rings (SSSR count). The molecule has 148 valence electrons. The van der Waals surface area contributed by atoms with E-state index in [-0.39, 0.29) is 21.2 Å². The van der Waals surface area contributed by atoms with Crippen LogP contribution in [0.3, 0.4) is 0 Å². The molecule has 0 unspecified atom stereocenters. The normalized spacial score (nSPS) is 13.6. The summed E-state index contributed by atoms with van der Waals surface area (Å²) in [5, 5.41) is 4.46. The number of fused-ring (bicyclic) bond motifs is 1. The maximum absolute atomic E-state index is 12.7. The highest BCUT2D eigenvalue weighted by Gasteiger charge is 2.21. The lowest BCUT2D eigenvalue weighted by Crippen LogP contribution is -2.17. The average molecular weight is 427 g/mol. The quantitative estimate of drug-likeness (QED) is 0.635. The number of carbonyl (C=O) groups is 2. The van der Waals surface area contributed by atoms with Crippen LogP contribution in [-0.2, 0) is 16.4 Å². The number of carbonyl (C=O) groups excluding carboxylic acids is 2. The Morgan fingerprint density at radius 2 is 1.79 bits per heavy atom. The van der Waals surface area contributed by atoms with E-state index in [9.17, 15) is 18.0 Å². The molecule has 6 nitrogen and oxygen atoms in total. The third-order valence-corrected chi connectivity index (χ3v) is 6.98. The summed E-state index contributed by atoms with van der Waals surface area (Å²) in [5.74, 6) is -0.284. The van der Waals surface area contributed by atoms with Gasteiger partial charge in [-0.25, -0.2) is 8.42 Å². The maximum atomic E-state index is 12.7. The van der Waals surface area contributed by atoms with Crippen molar-refractivity contribution in [3.63, 3.8) is 0 Å². The molecule has 1 aromatic heterocycles. The van der Waals surface area contributed by atoms with E-state index in [1.54, 1.807) is 41.8 Å². The van der Waals surface area contributed by atoms with Gasteiger partial charge >= 0.3 is 0 Å². The number of benzene rings is 2. The first kappa shape index (κ1) is 19.4. The van der Waals surface area contributed by atoms with Gasteiger partial charge in [0.1, 0.15) is 4.88 Å². The lowest BCUT2D eigenvalue weighted by Gasteiger charge is -2.16. The second-order valence-corrected chi connectivity index (χ2v) is 9.28. The van der Waals surface area contributed by atoms with E-state index >= 15 is 0 Å². The molecule has 0 aliphatic heterocycles. The Morgan fingerprint density at radius 1 is 1.00 bits per heavy atom. The number of thiophene rings is 1. The van der Waals surface area contributed by atoms with Crippen LogP contribution in [0.15, 0.2) is 64.9 Å². The van der Waals surface area contributed by atoms with Gasteiger partial charge < -0.3 is 5.32 Å². The number of aryl methyl sites for hydroxylation is 1. The third-order valence-electron chi connectivity index (χ3n) is 4.68. The summed E-state index contributed by atoms with van der Waals surface area (Å²) in [6.45, 7) is 0. The van der Waals surface area contributed by atoms with Gasteiger partial charge in [0, 0.05) is 17.7 Å². The molecule has 1 aliphatic carbocycles. The van der Waals surface area contributed by atoms with Crippen molar-refractivity contribution in [3.8, 4) is 0 Å². The molecule has 29 heavy (non-hydrogen) atoms. The molecule has 0 saturated heterocycles. The van der Waals surface area contributed by atoms with Gasteiger partial charge in [-0.1, -0.05) is 18.2 Å². The minimum Gasteiger partial charge on any atom is -0.321 e. The van der Waals surface area contributed by atoms with Crippen LogP contribution in [0.1, 0.15) is 38.4 Å². The molecule has 0 atom stereocenters. The van der Waals surface area contributed by atoms with Crippen LogP contribution in [0.2, 0.25) is 0 Å². The van der Waals surface area contributed by atoms with Crippen molar-refractivity contribution in [2.24, 2.45) is 0 Å². The van der Waals surface area contributed by atoms with Crippen LogP contribution in [0.4, 0.5) is 11.4 Å². The monoisotopic (exact) mass is 426 g/mol. The lowest BCUT2D eigenvalue weighted by molar-refractivity contribution is 0.0971. The van der Waals surface area contributed by atoms with Gasteiger partial charge in [0.2, 0.25) is 0 Å². The molecular weight excluding hydrogens is 408 g/mol. The number of rotatable bonds is 5. The highest BCUT2D eigenvalue weighted by molar-refractivity contribution is 7.92. The summed E-state index contributed by atoms with van der Waals surface area (Å²) in [4.78, 5) is 25.1. The number of nitrogens with one attached hydrogen (secondary N) is 2. The highest BCUT2D eigenvalue weighted by atomic mass is 32.2. The van der Waals surface area contributed by atoms with Gasteiger partial charge in [-0.2, -0.15) is 0 Å².